The summed E-state index contributed by atoms with van der Waals surface area (Å²) in [4.78, 5) is 22.9. The number of hydrogen-bond donors (Lipinski definition) is 4. The van der Waals surface area contributed by atoms with E-state index in [0.29, 0.717) is 30.6 Å². The largest absolute Gasteiger partial charge is 0.394 e. The highest BCUT2D eigenvalue weighted by Gasteiger charge is 2.20. The Morgan fingerprint density at radius 1 is 0.976 bits per heavy atom. The van der Waals surface area contributed by atoms with E-state index >= 15 is 0 Å². The van der Waals surface area contributed by atoms with Crippen LogP contribution < -0.4 is 10.6 Å². The lowest BCUT2D eigenvalue weighted by Crippen LogP contribution is -2.45. The smallest absolute Gasteiger partial charge is 0.300 e. The van der Waals surface area contributed by atoms with E-state index in [4.69, 9.17) is 0 Å². The monoisotopic (exact) mass is 575 g/mol. The van der Waals surface area contributed by atoms with Crippen LogP contribution in [0.15, 0.2) is 28.9 Å². The van der Waals surface area contributed by atoms with Crippen LogP contribution in [-0.4, -0.2) is 56.7 Å². The van der Waals surface area contributed by atoms with Crippen LogP contribution in [0.1, 0.15) is 110 Å². The molecule has 0 radical (unpaired) electrons. The Labute approximate surface area is 243 Å². The Morgan fingerprint density at radius 3 is 2.27 bits per heavy atom. The number of nitro groups is 1. The van der Waals surface area contributed by atoms with Gasteiger partial charge in [0.1, 0.15) is 0 Å². The fraction of sp³-hybridized carbons (Fsp3) is 0.700. The average molecular weight is 576 g/mol. The number of anilines is 1. The Bertz CT molecular complexity index is 1040. The van der Waals surface area contributed by atoms with E-state index in [9.17, 15) is 25.1 Å². The lowest BCUT2D eigenvalue weighted by atomic mass is 10.0. The molecule has 0 aliphatic carbocycles. The molecule has 0 fully saturated rings. The van der Waals surface area contributed by atoms with Gasteiger partial charge < -0.3 is 20.8 Å². The maximum absolute atomic E-state index is 12.3. The molecule has 0 spiro atoms. The van der Waals surface area contributed by atoms with Crippen LogP contribution in [-0.2, 0) is 4.79 Å². The van der Waals surface area contributed by atoms with Crippen LogP contribution in [0.4, 0.5) is 11.4 Å². The van der Waals surface area contributed by atoms with Crippen molar-refractivity contribution < 1.29 is 24.6 Å². The number of carbonyl (C=O) groups is 1. The second-order valence-corrected chi connectivity index (χ2v) is 10.7. The van der Waals surface area contributed by atoms with Crippen LogP contribution in [0.25, 0.3) is 11.0 Å². The number of nitro benzene ring substituents is 1. The predicted molar refractivity (Wildman–Crippen MR) is 161 cm³/mol. The quantitative estimate of drug-likeness (QED) is 0.0494. The van der Waals surface area contributed by atoms with E-state index in [2.05, 4.69) is 32.5 Å². The zero-order chi connectivity index (χ0) is 29.7. The maximum Gasteiger partial charge on any atom is 0.300 e. The van der Waals surface area contributed by atoms with Gasteiger partial charge >= 0.3 is 5.69 Å². The third-order valence-electron chi connectivity index (χ3n) is 7.25. The van der Waals surface area contributed by atoms with Crippen molar-refractivity contribution in [3.8, 4) is 0 Å². The van der Waals surface area contributed by atoms with Crippen LogP contribution in [0, 0.1) is 10.1 Å². The number of rotatable bonds is 24. The van der Waals surface area contributed by atoms with Crippen LogP contribution in [0.2, 0.25) is 0 Å². The van der Waals surface area contributed by atoms with Crippen molar-refractivity contribution in [1.82, 2.24) is 15.6 Å². The molecule has 2 rings (SSSR count). The second-order valence-electron chi connectivity index (χ2n) is 10.7. The highest BCUT2D eigenvalue weighted by atomic mass is 16.6. The van der Waals surface area contributed by atoms with E-state index in [-0.39, 0.29) is 23.7 Å². The van der Waals surface area contributed by atoms with E-state index in [1.807, 2.05) is 6.08 Å². The first kappa shape index (κ1) is 34.2. The number of amides is 1. The molecule has 0 aliphatic rings. The molecule has 1 amide bonds. The summed E-state index contributed by atoms with van der Waals surface area (Å²) in [6.07, 6.45) is 20.3. The SMILES string of the molecule is CCCCCCCCCCCCC/C=C/[C@@H](O)[C@@H](CO)NC(=O)CCCCCNc1ccc([N+](=O)[O-])c2nonc12. The average Bonchev–Trinajstić information content (AvgIpc) is 3.46. The van der Waals surface area contributed by atoms with Gasteiger partial charge in [0.25, 0.3) is 0 Å². The summed E-state index contributed by atoms with van der Waals surface area (Å²) in [5.74, 6) is -0.208. The number of carbonyl (C=O) groups excluding carboxylic acids is 1. The fourth-order valence-corrected chi connectivity index (χ4v) is 4.77. The Balaban J connectivity index is 1.52. The third kappa shape index (κ3) is 13.4. The topological polar surface area (TPSA) is 164 Å². The molecule has 41 heavy (non-hydrogen) atoms. The van der Waals surface area contributed by atoms with Gasteiger partial charge in [-0.05, 0) is 42.1 Å². The normalized spacial score (nSPS) is 13.0. The maximum atomic E-state index is 12.3. The summed E-state index contributed by atoms with van der Waals surface area (Å²) in [7, 11) is 0. The summed E-state index contributed by atoms with van der Waals surface area (Å²) >= 11 is 0. The van der Waals surface area contributed by atoms with Crippen molar-refractivity contribution in [1.29, 1.82) is 0 Å². The van der Waals surface area contributed by atoms with E-state index in [1.165, 1.54) is 70.3 Å². The van der Waals surface area contributed by atoms with Gasteiger partial charge in [-0.3, -0.25) is 14.9 Å². The van der Waals surface area contributed by atoms with Crippen molar-refractivity contribution in [2.75, 3.05) is 18.5 Å². The molecular formula is C30H49N5O6. The van der Waals surface area contributed by atoms with Crippen molar-refractivity contribution >= 4 is 28.3 Å². The molecule has 1 aromatic carbocycles. The zero-order valence-electron chi connectivity index (χ0n) is 24.6. The fourth-order valence-electron chi connectivity index (χ4n) is 4.77. The van der Waals surface area contributed by atoms with Crippen LogP contribution in [0.3, 0.4) is 0 Å². The number of aliphatic hydroxyl groups excluding tert-OH is 2. The minimum atomic E-state index is -0.926. The summed E-state index contributed by atoms with van der Waals surface area (Å²) in [5, 5.41) is 44.4. The number of nitrogens with one attached hydrogen (secondary N) is 2. The number of nitrogens with zero attached hydrogens (tertiary/aromatic N) is 3. The Morgan fingerprint density at radius 2 is 1.61 bits per heavy atom. The van der Waals surface area contributed by atoms with Gasteiger partial charge in [-0.2, -0.15) is 0 Å². The molecule has 11 nitrogen and oxygen atoms in total. The lowest BCUT2D eigenvalue weighted by Gasteiger charge is -2.20. The van der Waals surface area contributed by atoms with Gasteiger partial charge in [-0.15, -0.1) is 0 Å². The molecule has 11 heteroatoms. The van der Waals surface area contributed by atoms with Gasteiger partial charge in [0, 0.05) is 19.0 Å². The second kappa shape index (κ2) is 20.8. The molecule has 230 valence electrons. The Hall–Kier alpha value is -3.05. The van der Waals surface area contributed by atoms with Crippen molar-refractivity contribution in [2.24, 2.45) is 0 Å². The number of benzene rings is 1. The third-order valence-corrected chi connectivity index (χ3v) is 7.25. The first-order valence-corrected chi connectivity index (χ1v) is 15.4. The first-order valence-electron chi connectivity index (χ1n) is 15.4. The molecule has 1 aromatic heterocycles. The molecule has 4 N–H and O–H groups in total. The summed E-state index contributed by atoms with van der Waals surface area (Å²) in [6.45, 7) is 2.50. The highest BCUT2D eigenvalue weighted by molar-refractivity contribution is 5.93. The number of non-ortho nitro benzene ring substituents is 1. The van der Waals surface area contributed by atoms with Crippen molar-refractivity contribution in [3.63, 3.8) is 0 Å². The zero-order valence-corrected chi connectivity index (χ0v) is 24.6. The van der Waals surface area contributed by atoms with Gasteiger partial charge in [0.05, 0.1) is 29.4 Å². The van der Waals surface area contributed by atoms with Gasteiger partial charge in [-0.1, -0.05) is 89.7 Å². The molecule has 0 unspecified atom stereocenters. The van der Waals surface area contributed by atoms with Gasteiger partial charge in [-0.25, -0.2) is 4.63 Å². The van der Waals surface area contributed by atoms with Crippen molar-refractivity contribution in [3.05, 3.63) is 34.4 Å². The summed E-state index contributed by atoms with van der Waals surface area (Å²) < 4.78 is 4.66. The lowest BCUT2D eigenvalue weighted by molar-refractivity contribution is -0.383. The molecule has 1 heterocycles. The number of hydrogen-bond acceptors (Lipinski definition) is 9. The minimum absolute atomic E-state index is 0.0984. The van der Waals surface area contributed by atoms with Gasteiger partial charge in [0.15, 0.2) is 5.52 Å². The number of allylic oxidation sites excluding steroid dienone is 1. The van der Waals surface area contributed by atoms with Crippen molar-refractivity contribution in [2.45, 2.75) is 122 Å². The standard InChI is InChI=1S/C30H49N5O6/c1-2-3-4-5-6-7-8-9-10-11-12-13-15-18-27(37)25(23-36)32-28(38)19-16-14-17-22-31-24-20-21-26(35(39)40)30-29(24)33-41-34-30/h15,18,20-21,25,27,31,36-37H,2-14,16-17,19,22-23H2,1H3,(H,32,38)/b18-15+/t25-,27-/m1/s1. The minimum Gasteiger partial charge on any atom is -0.394 e. The molecule has 0 aliphatic heterocycles. The van der Waals surface area contributed by atoms with Crippen LogP contribution >= 0.6 is 0 Å². The molecule has 0 saturated carbocycles. The predicted octanol–water partition coefficient (Wildman–Crippen LogP) is 6.20. The van der Waals surface area contributed by atoms with E-state index < -0.39 is 17.1 Å². The first-order chi connectivity index (χ1) is 20.0. The number of unbranched alkanes of at least 4 members (excludes halogenated alkanes) is 13. The van der Waals surface area contributed by atoms with Crippen LogP contribution in [0.5, 0.6) is 0 Å². The number of fused-ring (bicyclic) bond motifs is 1. The highest BCUT2D eigenvalue weighted by Crippen LogP contribution is 2.28. The number of aliphatic hydroxyl groups is 2. The molecule has 2 aromatic rings. The molecule has 0 bridgehead atoms. The van der Waals surface area contributed by atoms with E-state index in [0.717, 1.165) is 25.7 Å². The summed E-state index contributed by atoms with van der Waals surface area (Å²) in [6, 6.07) is 2.21. The van der Waals surface area contributed by atoms with Gasteiger partial charge in [0.2, 0.25) is 11.4 Å². The molecule has 2 atom stereocenters. The Kier molecular flexibility index (Phi) is 17.3. The number of aromatic nitrogens is 2. The summed E-state index contributed by atoms with van der Waals surface area (Å²) in [5.41, 5.74) is 0.839. The molecule has 0 saturated heterocycles. The molecular weight excluding hydrogens is 526 g/mol. The van der Waals surface area contributed by atoms with E-state index in [1.54, 1.807) is 12.1 Å².